The quantitative estimate of drug-likeness (QED) is 0.372. The van der Waals surface area contributed by atoms with Crippen LogP contribution in [-0.2, 0) is 34.4 Å². The monoisotopic (exact) mass is 449 g/mol. The van der Waals surface area contributed by atoms with E-state index in [0.717, 1.165) is 42.6 Å². The van der Waals surface area contributed by atoms with E-state index in [1.54, 1.807) is 0 Å². The minimum Gasteiger partial charge on any atom is -0.483 e. The molecule has 1 aliphatic rings. The van der Waals surface area contributed by atoms with E-state index in [2.05, 4.69) is 30.9 Å². The van der Waals surface area contributed by atoms with Gasteiger partial charge in [-0.1, -0.05) is 0 Å². The number of hydrogen-bond acceptors (Lipinski definition) is 6. The van der Waals surface area contributed by atoms with Crippen LogP contribution in [0.4, 0.5) is 0 Å². The van der Waals surface area contributed by atoms with Gasteiger partial charge in [0.05, 0.1) is 12.2 Å². The van der Waals surface area contributed by atoms with Crippen LogP contribution in [0.5, 0.6) is 0 Å². The van der Waals surface area contributed by atoms with Crippen molar-refractivity contribution in [3.8, 4) is 0 Å². The first-order chi connectivity index (χ1) is 15.2. The largest absolute Gasteiger partial charge is 0.483 e. The van der Waals surface area contributed by atoms with Crippen molar-refractivity contribution in [1.82, 2.24) is 35.6 Å². The minimum atomic E-state index is -0.389. The fourth-order valence-electron chi connectivity index (χ4n) is 3.92. The van der Waals surface area contributed by atoms with Crippen LogP contribution in [0.1, 0.15) is 54.9 Å². The van der Waals surface area contributed by atoms with Gasteiger partial charge in [-0.3, -0.25) is 24.0 Å². The third-order valence-corrected chi connectivity index (χ3v) is 5.70. The molecule has 1 fully saturated rings. The van der Waals surface area contributed by atoms with Crippen molar-refractivity contribution in [1.29, 1.82) is 0 Å². The van der Waals surface area contributed by atoms with E-state index >= 15 is 0 Å². The lowest BCUT2D eigenvalue weighted by Gasteiger charge is -2.28. The van der Waals surface area contributed by atoms with Crippen LogP contribution < -0.4 is 16.3 Å². The molecule has 0 bridgehead atoms. The summed E-state index contributed by atoms with van der Waals surface area (Å²) < 4.78 is 1.85. The van der Waals surface area contributed by atoms with Gasteiger partial charge in [-0.05, 0) is 51.5 Å². The predicted molar refractivity (Wildman–Crippen MR) is 115 cm³/mol. The normalized spacial score (nSPS) is 17.7. The van der Waals surface area contributed by atoms with Gasteiger partial charge < -0.3 is 15.7 Å². The smallest absolute Gasteiger partial charge is 0.340 e. The topological polar surface area (TPSA) is 175 Å². The van der Waals surface area contributed by atoms with Crippen molar-refractivity contribution in [3.63, 3.8) is 0 Å². The molecule has 0 radical (unpaired) electrons. The summed E-state index contributed by atoms with van der Waals surface area (Å²) in [4.78, 5) is 46.5. The number of amides is 2. The molecule has 12 nitrogen and oxygen atoms in total. The fraction of sp³-hybridized carbons (Fsp3) is 0.600. The van der Waals surface area contributed by atoms with Crippen molar-refractivity contribution in [2.75, 3.05) is 0 Å². The highest BCUT2D eigenvalue weighted by Gasteiger charge is 2.27. The predicted octanol–water partition coefficient (Wildman–Crippen LogP) is 0.0731. The Labute approximate surface area is 185 Å². The molecule has 3 rings (SSSR count). The SMILES string of the molecule is Cc1nn(C)c(C)c1CCC(=O)NC1CCC(C(=O)NCc2n[nH]c(=O)[nH]2)CC1.O=CO. The van der Waals surface area contributed by atoms with Gasteiger partial charge in [0.25, 0.3) is 6.47 Å². The molecule has 176 valence electrons. The highest BCUT2D eigenvalue weighted by Crippen LogP contribution is 2.24. The highest BCUT2D eigenvalue weighted by atomic mass is 16.3. The average molecular weight is 450 g/mol. The van der Waals surface area contributed by atoms with Gasteiger partial charge in [0.2, 0.25) is 11.8 Å². The molecule has 2 amide bonds. The molecular formula is C20H31N7O5. The first kappa shape index (κ1) is 24.8. The van der Waals surface area contributed by atoms with E-state index in [1.165, 1.54) is 0 Å². The number of aryl methyl sites for hydroxylation is 2. The summed E-state index contributed by atoms with van der Waals surface area (Å²) in [6, 6.07) is 0.116. The van der Waals surface area contributed by atoms with Crippen LogP contribution in [0.15, 0.2) is 4.79 Å². The second-order valence-corrected chi connectivity index (χ2v) is 7.84. The molecule has 1 aliphatic carbocycles. The third-order valence-electron chi connectivity index (χ3n) is 5.70. The van der Waals surface area contributed by atoms with Gasteiger partial charge >= 0.3 is 5.69 Å². The fourth-order valence-corrected chi connectivity index (χ4v) is 3.92. The summed E-state index contributed by atoms with van der Waals surface area (Å²) >= 11 is 0. The molecule has 32 heavy (non-hydrogen) atoms. The standard InChI is InChI=1S/C19H29N7O3.CH2O2/c1-11-15(12(2)26(3)25-11)8-9-17(27)21-14-6-4-13(5-7-14)18(28)20-10-16-22-19(29)24-23-16;2-1-3/h13-14H,4-10H2,1-3H3,(H,20,28)(H,21,27)(H2,22,23,24,29);1H,(H,2,3). The molecule has 0 unspecified atom stereocenters. The summed E-state index contributed by atoms with van der Waals surface area (Å²) in [5.74, 6) is 0.335. The van der Waals surface area contributed by atoms with Crippen LogP contribution >= 0.6 is 0 Å². The number of carbonyl (C=O) groups is 3. The summed E-state index contributed by atoms with van der Waals surface area (Å²) in [5.41, 5.74) is 2.82. The van der Waals surface area contributed by atoms with Crippen molar-refractivity contribution in [2.24, 2.45) is 13.0 Å². The van der Waals surface area contributed by atoms with Crippen LogP contribution in [-0.4, -0.2) is 54.4 Å². The minimum absolute atomic E-state index is 0.0406. The van der Waals surface area contributed by atoms with E-state index in [0.29, 0.717) is 18.7 Å². The number of nitrogens with zero attached hydrogens (tertiary/aromatic N) is 3. The number of carboxylic acid groups (broad SMARTS) is 1. The Morgan fingerprint density at radius 1 is 1.25 bits per heavy atom. The molecule has 1 saturated carbocycles. The van der Waals surface area contributed by atoms with Gasteiger partial charge in [-0.15, -0.1) is 0 Å². The molecule has 2 aromatic rings. The van der Waals surface area contributed by atoms with E-state index in [-0.39, 0.29) is 42.5 Å². The van der Waals surface area contributed by atoms with Crippen molar-refractivity contribution in [3.05, 3.63) is 33.3 Å². The Bertz CT molecular complexity index is 969. The van der Waals surface area contributed by atoms with E-state index in [1.807, 2.05) is 25.6 Å². The van der Waals surface area contributed by atoms with E-state index in [4.69, 9.17) is 9.90 Å². The third kappa shape index (κ3) is 7.06. The summed E-state index contributed by atoms with van der Waals surface area (Å²) in [5, 5.41) is 23.2. The molecule has 0 saturated heterocycles. The lowest BCUT2D eigenvalue weighted by atomic mass is 9.85. The summed E-state index contributed by atoms with van der Waals surface area (Å²) in [7, 11) is 1.91. The second kappa shape index (κ2) is 11.8. The maximum absolute atomic E-state index is 12.3. The second-order valence-electron chi connectivity index (χ2n) is 7.84. The van der Waals surface area contributed by atoms with Gasteiger partial charge in [-0.2, -0.15) is 10.2 Å². The highest BCUT2D eigenvalue weighted by molar-refractivity contribution is 5.79. The lowest BCUT2D eigenvalue weighted by Crippen LogP contribution is -2.41. The zero-order valence-electron chi connectivity index (χ0n) is 18.6. The molecule has 0 aromatic carbocycles. The lowest BCUT2D eigenvalue weighted by molar-refractivity contribution is -0.126. The summed E-state index contributed by atoms with van der Waals surface area (Å²) in [6.45, 7) is 3.93. The maximum Gasteiger partial charge on any atom is 0.340 e. The Morgan fingerprint density at radius 3 is 2.44 bits per heavy atom. The molecular weight excluding hydrogens is 418 g/mol. The zero-order chi connectivity index (χ0) is 23.7. The average Bonchev–Trinajstić information content (AvgIpc) is 3.28. The molecule has 0 aliphatic heterocycles. The number of carbonyl (C=O) groups excluding carboxylic acids is 2. The summed E-state index contributed by atoms with van der Waals surface area (Å²) in [6.07, 6.45) is 4.16. The van der Waals surface area contributed by atoms with Crippen LogP contribution in [0.25, 0.3) is 0 Å². The van der Waals surface area contributed by atoms with Gasteiger partial charge in [-0.25, -0.2) is 9.89 Å². The number of nitrogens with one attached hydrogen (secondary N) is 4. The van der Waals surface area contributed by atoms with Crippen LogP contribution in [0.2, 0.25) is 0 Å². The molecule has 12 heteroatoms. The molecule has 2 heterocycles. The van der Waals surface area contributed by atoms with Crippen molar-refractivity contribution < 1.29 is 19.5 Å². The molecule has 2 aromatic heterocycles. The first-order valence-electron chi connectivity index (χ1n) is 10.5. The van der Waals surface area contributed by atoms with E-state index < -0.39 is 0 Å². The maximum atomic E-state index is 12.3. The number of H-pyrrole nitrogens is 2. The number of aromatic amines is 2. The van der Waals surface area contributed by atoms with Crippen molar-refractivity contribution >= 4 is 18.3 Å². The Hall–Kier alpha value is -3.44. The Balaban J connectivity index is 0.00000114. The molecule has 0 atom stereocenters. The number of rotatable bonds is 7. The van der Waals surface area contributed by atoms with Crippen LogP contribution in [0, 0.1) is 19.8 Å². The zero-order valence-corrected chi connectivity index (χ0v) is 18.6. The number of hydrogen-bond donors (Lipinski definition) is 5. The van der Waals surface area contributed by atoms with Gasteiger partial charge in [0.15, 0.2) is 0 Å². The Kier molecular flexibility index (Phi) is 9.17. The first-order valence-corrected chi connectivity index (χ1v) is 10.5. The number of aromatic nitrogens is 5. The molecule has 5 N–H and O–H groups in total. The van der Waals surface area contributed by atoms with Gasteiger partial charge in [0, 0.05) is 31.1 Å². The molecule has 0 spiro atoms. The van der Waals surface area contributed by atoms with Crippen LogP contribution in [0.3, 0.4) is 0 Å². The van der Waals surface area contributed by atoms with E-state index in [9.17, 15) is 14.4 Å². The van der Waals surface area contributed by atoms with Crippen molar-refractivity contribution in [2.45, 2.75) is 65.0 Å². The Morgan fingerprint density at radius 2 is 1.91 bits per heavy atom. The van der Waals surface area contributed by atoms with Gasteiger partial charge in [0.1, 0.15) is 5.82 Å².